The standard InChI is InChI=1S/C19H16N4O2/c1-24-13-3-4-18(25-2)15(9-13)17-10-14(12-5-7-22-8-6-12)16(11-20)19(21)23-17/h3-10H,1-2H3,(H2,21,23). The van der Waals surface area contributed by atoms with E-state index in [1.165, 1.54) is 0 Å². The minimum atomic E-state index is 0.164. The molecule has 0 aliphatic heterocycles. The van der Waals surface area contributed by atoms with Crippen LogP contribution in [0, 0.1) is 11.3 Å². The van der Waals surface area contributed by atoms with E-state index in [-0.39, 0.29) is 5.82 Å². The Morgan fingerprint density at radius 1 is 1.00 bits per heavy atom. The van der Waals surface area contributed by atoms with Crippen LogP contribution in [0.25, 0.3) is 22.4 Å². The number of rotatable bonds is 4. The van der Waals surface area contributed by atoms with Crippen molar-refractivity contribution in [3.05, 3.63) is 54.4 Å². The molecule has 2 N–H and O–H groups in total. The molecule has 3 rings (SSSR count). The molecule has 6 heteroatoms. The predicted molar refractivity (Wildman–Crippen MR) is 95.1 cm³/mol. The smallest absolute Gasteiger partial charge is 0.142 e. The number of aromatic nitrogens is 2. The maximum Gasteiger partial charge on any atom is 0.142 e. The summed E-state index contributed by atoms with van der Waals surface area (Å²) in [5.74, 6) is 1.47. The van der Waals surface area contributed by atoms with Crippen molar-refractivity contribution >= 4 is 5.82 Å². The summed E-state index contributed by atoms with van der Waals surface area (Å²) in [6, 6.07) is 13.0. The number of hydrogen-bond acceptors (Lipinski definition) is 6. The molecule has 0 unspecified atom stereocenters. The fraction of sp³-hybridized carbons (Fsp3) is 0.105. The van der Waals surface area contributed by atoms with Gasteiger partial charge in [-0.05, 0) is 42.0 Å². The Balaban J connectivity index is 2.26. The molecule has 3 aromatic rings. The van der Waals surface area contributed by atoms with E-state index in [2.05, 4.69) is 16.0 Å². The quantitative estimate of drug-likeness (QED) is 0.788. The topological polar surface area (TPSA) is 94.0 Å². The van der Waals surface area contributed by atoms with E-state index in [0.29, 0.717) is 28.3 Å². The Kier molecular flexibility index (Phi) is 4.48. The molecule has 2 aromatic heterocycles. The Morgan fingerprint density at radius 2 is 1.76 bits per heavy atom. The van der Waals surface area contributed by atoms with Gasteiger partial charge in [-0.15, -0.1) is 0 Å². The summed E-state index contributed by atoms with van der Waals surface area (Å²) >= 11 is 0. The second-order valence-corrected chi connectivity index (χ2v) is 5.23. The first-order valence-electron chi connectivity index (χ1n) is 7.51. The van der Waals surface area contributed by atoms with Gasteiger partial charge in [0.15, 0.2) is 0 Å². The van der Waals surface area contributed by atoms with Crippen LogP contribution in [-0.4, -0.2) is 24.2 Å². The van der Waals surface area contributed by atoms with Gasteiger partial charge < -0.3 is 15.2 Å². The molecule has 0 saturated carbocycles. The zero-order chi connectivity index (χ0) is 17.8. The van der Waals surface area contributed by atoms with Crippen molar-refractivity contribution in [2.45, 2.75) is 0 Å². The lowest BCUT2D eigenvalue weighted by Crippen LogP contribution is -2.01. The van der Waals surface area contributed by atoms with Crippen molar-refractivity contribution in [2.75, 3.05) is 20.0 Å². The third-order valence-electron chi connectivity index (χ3n) is 3.83. The fourth-order valence-electron chi connectivity index (χ4n) is 2.59. The number of ether oxygens (including phenoxy) is 2. The number of anilines is 1. The second kappa shape index (κ2) is 6.89. The van der Waals surface area contributed by atoms with Crippen LogP contribution in [0.5, 0.6) is 11.5 Å². The van der Waals surface area contributed by atoms with Gasteiger partial charge in [0.1, 0.15) is 28.9 Å². The van der Waals surface area contributed by atoms with E-state index in [4.69, 9.17) is 15.2 Å². The van der Waals surface area contributed by atoms with Crippen LogP contribution in [0.3, 0.4) is 0 Å². The highest BCUT2D eigenvalue weighted by Gasteiger charge is 2.16. The number of nitrogens with two attached hydrogens (primary N) is 1. The molecule has 0 atom stereocenters. The Morgan fingerprint density at radius 3 is 2.40 bits per heavy atom. The van der Waals surface area contributed by atoms with Crippen molar-refractivity contribution in [3.8, 4) is 40.0 Å². The van der Waals surface area contributed by atoms with Gasteiger partial charge >= 0.3 is 0 Å². The molecule has 0 aliphatic carbocycles. The van der Waals surface area contributed by atoms with Crippen LogP contribution in [0.15, 0.2) is 48.8 Å². The zero-order valence-electron chi connectivity index (χ0n) is 13.9. The highest BCUT2D eigenvalue weighted by atomic mass is 16.5. The summed E-state index contributed by atoms with van der Waals surface area (Å²) < 4.78 is 10.7. The summed E-state index contributed by atoms with van der Waals surface area (Å²) in [4.78, 5) is 8.40. The lowest BCUT2D eigenvalue weighted by molar-refractivity contribution is 0.404. The zero-order valence-corrected chi connectivity index (χ0v) is 13.9. The second-order valence-electron chi connectivity index (χ2n) is 5.23. The van der Waals surface area contributed by atoms with E-state index in [0.717, 1.165) is 11.1 Å². The molecule has 124 valence electrons. The number of nitrogen functional groups attached to an aromatic ring is 1. The highest BCUT2D eigenvalue weighted by Crippen LogP contribution is 2.36. The van der Waals surface area contributed by atoms with Crippen molar-refractivity contribution in [1.29, 1.82) is 5.26 Å². The maximum atomic E-state index is 9.47. The van der Waals surface area contributed by atoms with E-state index in [1.807, 2.05) is 24.3 Å². The van der Waals surface area contributed by atoms with Crippen LogP contribution < -0.4 is 15.2 Å². The first-order chi connectivity index (χ1) is 12.2. The molecule has 0 spiro atoms. The average molecular weight is 332 g/mol. The molecule has 0 aliphatic rings. The van der Waals surface area contributed by atoms with Crippen molar-refractivity contribution in [1.82, 2.24) is 9.97 Å². The van der Waals surface area contributed by atoms with Crippen LogP contribution in [-0.2, 0) is 0 Å². The first-order valence-corrected chi connectivity index (χ1v) is 7.51. The number of pyridine rings is 2. The molecule has 0 fully saturated rings. The molecule has 0 radical (unpaired) electrons. The van der Waals surface area contributed by atoms with Gasteiger partial charge in [0, 0.05) is 23.5 Å². The third-order valence-corrected chi connectivity index (χ3v) is 3.83. The molecule has 25 heavy (non-hydrogen) atoms. The fourth-order valence-corrected chi connectivity index (χ4v) is 2.59. The average Bonchev–Trinajstić information content (AvgIpc) is 2.67. The van der Waals surface area contributed by atoms with Gasteiger partial charge in [-0.2, -0.15) is 5.26 Å². The summed E-state index contributed by atoms with van der Waals surface area (Å²) in [7, 11) is 3.18. The summed E-state index contributed by atoms with van der Waals surface area (Å²) in [5.41, 5.74) is 9.23. The summed E-state index contributed by atoms with van der Waals surface area (Å²) in [6.45, 7) is 0. The molecule has 0 bridgehead atoms. The Hall–Kier alpha value is -3.59. The largest absolute Gasteiger partial charge is 0.497 e. The summed E-state index contributed by atoms with van der Waals surface area (Å²) in [5, 5.41) is 9.47. The molecular weight excluding hydrogens is 316 g/mol. The number of hydrogen-bond donors (Lipinski definition) is 1. The minimum absolute atomic E-state index is 0.164. The van der Waals surface area contributed by atoms with Crippen LogP contribution in [0.1, 0.15) is 5.56 Å². The van der Waals surface area contributed by atoms with Gasteiger partial charge in [0.25, 0.3) is 0 Å². The van der Waals surface area contributed by atoms with Gasteiger partial charge in [0.2, 0.25) is 0 Å². The maximum absolute atomic E-state index is 9.47. The molecule has 0 amide bonds. The third kappa shape index (κ3) is 3.08. The molecule has 6 nitrogen and oxygen atoms in total. The minimum Gasteiger partial charge on any atom is -0.497 e. The Labute approximate surface area is 145 Å². The van der Waals surface area contributed by atoms with Crippen LogP contribution in [0.4, 0.5) is 5.82 Å². The van der Waals surface area contributed by atoms with Gasteiger partial charge in [-0.25, -0.2) is 4.98 Å². The SMILES string of the molecule is COc1ccc(OC)c(-c2cc(-c3ccncc3)c(C#N)c(N)n2)c1. The van der Waals surface area contributed by atoms with E-state index >= 15 is 0 Å². The summed E-state index contributed by atoms with van der Waals surface area (Å²) in [6.07, 6.45) is 3.33. The van der Waals surface area contributed by atoms with Crippen molar-refractivity contribution in [2.24, 2.45) is 0 Å². The predicted octanol–water partition coefficient (Wildman–Crippen LogP) is 3.28. The Bertz CT molecular complexity index is 950. The van der Waals surface area contributed by atoms with Crippen molar-refractivity contribution in [3.63, 3.8) is 0 Å². The highest BCUT2D eigenvalue weighted by molar-refractivity contribution is 5.81. The monoisotopic (exact) mass is 332 g/mol. The molecular formula is C19H16N4O2. The molecule has 0 saturated heterocycles. The van der Waals surface area contributed by atoms with Gasteiger partial charge in [-0.1, -0.05) is 0 Å². The lowest BCUT2D eigenvalue weighted by atomic mass is 9.99. The molecule has 1 aromatic carbocycles. The van der Waals surface area contributed by atoms with Crippen molar-refractivity contribution < 1.29 is 9.47 Å². The normalized spacial score (nSPS) is 10.1. The van der Waals surface area contributed by atoms with Gasteiger partial charge in [0.05, 0.1) is 19.9 Å². The van der Waals surface area contributed by atoms with Gasteiger partial charge in [-0.3, -0.25) is 4.98 Å². The van der Waals surface area contributed by atoms with E-state index < -0.39 is 0 Å². The lowest BCUT2D eigenvalue weighted by Gasteiger charge is -2.13. The number of nitrogens with zero attached hydrogens (tertiary/aromatic N) is 3. The molecule has 2 heterocycles. The number of benzene rings is 1. The van der Waals surface area contributed by atoms with E-state index in [1.54, 1.807) is 38.7 Å². The first kappa shape index (κ1) is 16.3. The van der Waals surface area contributed by atoms with Crippen LogP contribution >= 0.6 is 0 Å². The number of methoxy groups -OCH3 is 2. The number of nitriles is 1. The van der Waals surface area contributed by atoms with E-state index in [9.17, 15) is 5.26 Å². The van der Waals surface area contributed by atoms with Crippen LogP contribution in [0.2, 0.25) is 0 Å².